The molecule has 0 spiro atoms. The fourth-order valence-corrected chi connectivity index (χ4v) is 13.7. The smallest absolute Gasteiger partial charge is 0.407 e. The number of benzene rings is 1. The molecule has 7 rings (SSSR count). The maximum atomic E-state index is 16.2. The van der Waals surface area contributed by atoms with Crippen molar-refractivity contribution in [3.8, 4) is 0 Å². The molecule has 13 atom stereocenters. The number of rotatable bonds is 14. The molecule has 5 fully saturated rings. The van der Waals surface area contributed by atoms with Crippen LogP contribution in [0, 0.1) is 16.7 Å². The van der Waals surface area contributed by atoms with E-state index in [0.29, 0.717) is 37.5 Å². The van der Waals surface area contributed by atoms with Crippen LogP contribution in [0.5, 0.6) is 0 Å². The van der Waals surface area contributed by atoms with Crippen molar-refractivity contribution >= 4 is 32.3 Å². The quantitative estimate of drug-likeness (QED) is 0.0757. The fraction of sp³-hybridized carbons (Fsp3) is 0.765. The predicted octanol–water partition coefficient (Wildman–Crippen LogP) is 6.85. The fourth-order valence-electron chi connectivity index (χ4n) is 12.2. The molecule has 16 nitrogen and oxygen atoms in total. The molecule has 2 bridgehead atoms. The Labute approximate surface area is 411 Å². The lowest BCUT2D eigenvalue weighted by atomic mass is 9.45. The maximum absolute atomic E-state index is 16.2. The highest BCUT2D eigenvalue weighted by Crippen LogP contribution is 2.67. The third kappa shape index (κ3) is 9.25. The molecule has 3 heterocycles. The van der Waals surface area contributed by atoms with Gasteiger partial charge in [0.25, 0.3) is 5.92 Å². The van der Waals surface area contributed by atoms with Gasteiger partial charge in [0.1, 0.15) is 36.1 Å². The Morgan fingerprint density at radius 1 is 1.00 bits per heavy atom. The van der Waals surface area contributed by atoms with Crippen molar-refractivity contribution in [1.82, 2.24) is 10.2 Å². The van der Waals surface area contributed by atoms with Crippen LogP contribution in [0.2, 0.25) is 18.1 Å². The number of aliphatic hydroxyl groups excluding tert-OH is 1. The van der Waals surface area contributed by atoms with E-state index in [4.69, 9.17) is 37.6 Å². The number of halogens is 2. The molecular weight excluding hydrogens is 931 g/mol. The number of carbonyl (C=O) groups excluding carboxylic acids is 4. The Morgan fingerprint density at radius 3 is 2.19 bits per heavy atom. The molecule has 19 heteroatoms. The van der Waals surface area contributed by atoms with Crippen molar-refractivity contribution in [2.45, 2.75) is 205 Å². The Morgan fingerprint density at radius 2 is 1.66 bits per heavy atom. The van der Waals surface area contributed by atoms with Gasteiger partial charge < -0.3 is 53.1 Å². The van der Waals surface area contributed by atoms with Crippen LogP contribution in [-0.2, 0) is 47.2 Å². The lowest BCUT2D eigenvalue weighted by molar-refractivity contribution is -0.345. The number of likely N-dealkylation sites (tertiary alicyclic amines) is 1. The summed E-state index contributed by atoms with van der Waals surface area (Å²) in [5.74, 6) is -7.50. The molecule has 0 unspecified atom stereocenters. The van der Waals surface area contributed by atoms with Crippen molar-refractivity contribution in [3.05, 3.63) is 47.0 Å². The van der Waals surface area contributed by atoms with Gasteiger partial charge in [-0.1, -0.05) is 59.7 Å². The van der Waals surface area contributed by atoms with E-state index in [1.165, 1.54) is 13.8 Å². The summed E-state index contributed by atoms with van der Waals surface area (Å²) in [4.78, 5) is 58.7. The molecule has 1 aromatic rings. The van der Waals surface area contributed by atoms with Gasteiger partial charge in [-0.2, -0.15) is 0 Å². The van der Waals surface area contributed by atoms with Crippen LogP contribution in [0.1, 0.15) is 119 Å². The van der Waals surface area contributed by atoms with Crippen molar-refractivity contribution in [2.75, 3.05) is 26.3 Å². The summed E-state index contributed by atoms with van der Waals surface area (Å²) in [6, 6.07) is 5.83. The zero-order chi connectivity index (χ0) is 51.9. The monoisotopic (exact) mass is 1010 g/mol. The van der Waals surface area contributed by atoms with Gasteiger partial charge in [0.15, 0.2) is 25.8 Å². The van der Waals surface area contributed by atoms with Gasteiger partial charge >= 0.3 is 24.0 Å². The molecule has 1 amide bonds. The van der Waals surface area contributed by atoms with E-state index in [2.05, 4.69) is 10.2 Å². The summed E-state index contributed by atoms with van der Waals surface area (Å²) in [7, 11) is -3.20. The Balaban J connectivity index is 1.44. The summed E-state index contributed by atoms with van der Waals surface area (Å²) in [6.45, 7) is 23.5. The first-order valence-electron chi connectivity index (χ1n) is 24.7. The summed E-state index contributed by atoms with van der Waals surface area (Å²) in [5.41, 5.74) is -7.63. The predicted molar refractivity (Wildman–Crippen MR) is 253 cm³/mol. The zero-order valence-corrected chi connectivity index (χ0v) is 44.3. The van der Waals surface area contributed by atoms with Gasteiger partial charge in [-0.15, -0.1) is 0 Å². The van der Waals surface area contributed by atoms with E-state index in [0.717, 1.165) is 6.42 Å². The highest BCUT2D eigenvalue weighted by molar-refractivity contribution is 6.74. The first-order chi connectivity index (χ1) is 32.3. The highest BCUT2D eigenvalue weighted by Gasteiger charge is 2.77. The molecule has 0 aromatic heterocycles. The van der Waals surface area contributed by atoms with Crippen molar-refractivity contribution in [3.63, 3.8) is 0 Å². The van der Waals surface area contributed by atoms with E-state index in [1.54, 1.807) is 78.0 Å². The van der Waals surface area contributed by atoms with Crippen LogP contribution in [0.25, 0.3) is 0 Å². The number of nitrogens with zero attached hydrogens (tertiary/aromatic N) is 1. The number of hydrogen-bond acceptors (Lipinski definition) is 15. The Kier molecular flexibility index (Phi) is 14.5. The molecule has 3 saturated heterocycles. The number of esters is 3. The standard InChI is InChI=1S/C51H76F2N2O14Si/c1-28(2)63-44(60)54-42(49(12,52)53)48(11,69-70(13,14)45(5,6)7)43(59)64-33-24-51(61)40(67-41(58)31-18-16-15-17-19-31)38-47(10,22-20-34-50(38,27-62-34)68-30(4)57)39-37(36(29(33)3)46(51,8)9)65-35(66-39)25-55-23-21-32(55)26-56/h15-19,28,32-35,37-40,42,56,61H,20-27H2,1-14H3,(H,54,60)/t32-,33-,34+,35+,37+,38-,39+,40-,42+,47+,48+,50-,51+/m0/s1. The number of ether oxygens (including phenoxy) is 7. The lowest BCUT2D eigenvalue weighted by Crippen LogP contribution is -2.79. The number of alkyl carbamates (subject to hydrolysis) is 1. The van der Waals surface area contributed by atoms with Gasteiger partial charge in [0.2, 0.25) is 0 Å². The van der Waals surface area contributed by atoms with Crippen LogP contribution in [0.15, 0.2) is 41.5 Å². The first-order valence-corrected chi connectivity index (χ1v) is 27.6. The molecule has 3 N–H and O–H groups in total. The number of alkyl halides is 2. The molecule has 3 aliphatic carbocycles. The Bertz CT molecular complexity index is 2200. The summed E-state index contributed by atoms with van der Waals surface area (Å²) >= 11 is 0. The third-order valence-corrected chi connectivity index (χ3v) is 21.6. The average molecular weight is 1010 g/mol. The van der Waals surface area contributed by atoms with Crippen LogP contribution in [0.4, 0.5) is 13.6 Å². The minimum atomic E-state index is -3.80. The van der Waals surface area contributed by atoms with Gasteiger partial charge in [-0.25, -0.2) is 23.2 Å². The maximum Gasteiger partial charge on any atom is 0.407 e. The Hall–Kier alpha value is -3.56. The molecule has 392 valence electrons. The summed E-state index contributed by atoms with van der Waals surface area (Å²) in [5, 5.41) is 25.9. The molecule has 1 aromatic carbocycles. The van der Waals surface area contributed by atoms with Gasteiger partial charge in [-0.3, -0.25) is 9.69 Å². The van der Waals surface area contributed by atoms with E-state index < -0.39 is 132 Å². The van der Waals surface area contributed by atoms with E-state index in [-0.39, 0.29) is 31.4 Å². The molecule has 3 aliphatic heterocycles. The normalized spacial score (nSPS) is 35.2. The minimum Gasteiger partial charge on any atom is -0.456 e. The topological polar surface area (TPSA) is 198 Å². The van der Waals surface area contributed by atoms with E-state index in [1.807, 2.05) is 27.7 Å². The van der Waals surface area contributed by atoms with E-state index >= 15 is 13.6 Å². The number of nitrogens with one attached hydrogen (secondary N) is 1. The van der Waals surface area contributed by atoms with Crippen LogP contribution in [-0.4, -0.2) is 151 Å². The third-order valence-electron chi connectivity index (χ3n) is 17.0. The molecule has 2 saturated carbocycles. The molecule has 70 heavy (non-hydrogen) atoms. The lowest BCUT2D eigenvalue weighted by Gasteiger charge is -2.68. The van der Waals surface area contributed by atoms with E-state index in [9.17, 15) is 24.6 Å². The van der Waals surface area contributed by atoms with Crippen LogP contribution >= 0.6 is 0 Å². The van der Waals surface area contributed by atoms with Crippen molar-refractivity contribution in [2.24, 2.45) is 16.7 Å². The number of fused-ring (bicyclic) bond motifs is 8. The number of carbonyl (C=O) groups is 4. The van der Waals surface area contributed by atoms with Gasteiger partial charge in [0, 0.05) is 50.2 Å². The summed E-state index contributed by atoms with van der Waals surface area (Å²) in [6.07, 6.45) is -7.04. The average Bonchev–Trinajstić information content (AvgIpc) is 3.64. The van der Waals surface area contributed by atoms with Crippen LogP contribution in [0.3, 0.4) is 0 Å². The largest absolute Gasteiger partial charge is 0.456 e. The summed E-state index contributed by atoms with van der Waals surface area (Å²) < 4.78 is 84.4. The molecular formula is C51H76F2N2O14Si. The minimum absolute atomic E-state index is 0.0607. The van der Waals surface area contributed by atoms with Gasteiger partial charge in [0.05, 0.1) is 36.9 Å². The van der Waals surface area contributed by atoms with Gasteiger partial charge in [-0.05, 0) is 88.4 Å². The zero-order valence-electron chi connectivity index (χ0n) is 43.3. The SMILES string of the molecule is CC(=O)O[C@@]12CO[C@@H]1CC[C@@]1(C)[C@@H]3O[C@H](CN4CC[C@H]4CO)O[C@@H]3C3=C(C)[C@@H](OC(=O)[C@](C)(O[Si](C)(C)C(C)(C)C)[C@@H](NC(=O)OC(C)C)C(C)(F)F)C[C@@](O)([C@@H](OC(=O)c4ccccc4)[C@@H]12)C3(C)C. The van der Waals surface area contributed by atoms with Crippen molar-refractivity contribution < 1.29 is 75.8 Å². The molecule has 6 aliphatic rings. The number of aliphatic hydroxyl groups is 2. The second-order valence-corrected chi connectivity index (χ2v) is 28.2. The second kappa shape index (κ2) is 18.7. The highest BCUT2D eigenvalue weighted by atomic mass is 28.4. The first kappa shape index (κ1) is 54.2. The number of hydrogen-bond donors (Lipinski definition) is 3. The van der Waals surface area contributed by atoms with Crippen LogP contribution < -0.4 is 5.32 Å². The molecule has 0 radical (unpaired) electrons. The second-order valence-electron chi connectivity index (χ2n) is 23.4. The number of amides is 1. The van der Waals surface area contributed by atoms with Crippen molar-refractivity contribution in [1.29, 1.82) is 0 Å².